The van der Waals surface area contributed by atoms with Crippen molar-refractivity contribution in [3.05, 3.63) is 52.1 Å². The molecule has 2 heterocycles. The Hall–Kier alpha value is -2.32. The van der Waals surface area contributed by atoms with Gasteiger partial charge in [-0.3, -0.25) is 0 Å². The van der Waals surface area contributed by atoms with Gasteiger partial charge in [0.15, 0.2) is 0 Å². The fourth-order valence-electron chi connectivity index (χ4n) is 2.10. The Balaban J connectivity index is 1.68. The van der Waals surface area contributed by atoms with Crippen LogP contribution >= 0.6 is 27.5 Å². The van der Waals surface area contributed by atoms with Gasteiger partial charge in [0.2, 0.25) is 5.95 Å². The van der Waals surface area contributed by atoms with Crippen LogP contribution in [-0.4, -0.2) is 26.5 Å². The monoisotopic (exact) mass is 407 g/mol. The molecule has 7 nitrogen and oxygen atoms in total. The molecular weight excluding hydrogens is 394 g/mol. The largest absolute Gasteiger partial charge is 0.399 e. The molecule has 0 saturated heterocycles. The molecule has 0 amide bonds. The molecule has 2 aromatic heterocycles. The van der Waals surface area contributed by atoms with Crippen LogP contribution in [0.2, 0.25) is 5.02 Å². The molecule has 0 unspecified atom stereocenters. The first-order valence-corrected chi connectivity index (χ1v) is 8.34. The van der Waals surface area contributed by atoms with Gasteiger partial charge < -0.3 is 21.4 Å². The Bertz CT molecular complexity index is 802. The summed E-state index contributed by atoms with van der Waals surface area (Å²) in [6.45, 7) is 0.710. The zero-order valence-electron chi connectivity index (χ0n) is 12.6. The molecule has 3 rings (SSSR count). The molecule has 3 aromatic rings. The van der Waals surface area contributed by atoms with Crippen LogP contribution in [0.4, 0.5) is 23.1 Å². The number of nitrogens with two attached hydrogens (primary N) is 1. The van der Waals surface area contributed by atoms with Crippen LogP contribution in [0.1, 0.15) is 5.69 Å². The van der Waals surface area contributed by atoms with Crippen molar-refractivity contribution in [1.29, 1.82) is 0 Å². The lowest BCUT2D eigenvalue weighted by Crippen LogP contribution is -2.09. The molecule has 0 aliphatic heterocycles. The quantitative estimate of drug-likeness (QED) is 0.465. The number of nitrogen functional groups attached to an aromatic ring is 1. The second kappa shape index (κ2) is 7.50. The van der Waals surface area contributed by atoms with E-state index < -0.39 is 0 Å². The van der Waals surface area contributed by atoms with Gasteiger partial charge in [-0.15, -0.1) is 0 Å². The third kappa shape index (κ3) is 4.36. The third-order valence-corrected chi connectivity index (χ3v) is 3.96. The van der Waals surface area contributed by atoms with E-state index in [0.717, 1.165) is 22.3 Å². The summed E-state index contributed by atoms with van der Waals surface area (Å²) in [5.74, 6) is 1.14. The number of anilines is 4. The third-order valence-electron chi connectivity index (χ3n) is 3.16. The summed E-state index contributed by atoms with van der Waals surface area (Å²) in [4.78, 5) is 15.7. The van der Waals surface area contributed by atoms with E-state index in [1.165, 1.54) is 0 Å². The predicted molar refractivity (Wildman–Crippen MR) is 99.7 cm³/mol. The SMILES string of the molecule is Nc1cc(Cl)cc(Nc2ncc(Br)c(NCCc3cnc[nH]3)n2)c1. The molecule has 9 heteroatoms. The van der Waals surface area contributed by atoms with Gasteiger partial charge in [0, 0.05) is 47.5 Å². The van der Waals surface area contributed by atoms with Gasteiger partial charge in [0.1, 0.15) is 5.82 Å². The molecule has 0 saturated carbocycles. The van der Waals surface area contributed by atoms with Gasteiger partial charge in [0.25, 0.3) is 0 Å². The maximum Gasteiger partial charge on any atom is 0.229 e. The molecule has 0 aliphatic rings. The molecule has 124 valence electrons. The second-order valence-corrected chi connectivity index (χ2v) is 6.33. The van der Waals surface area contributed by atoms with E-state index >= 15 is 0 Å². The highest BCUT2D eigenvalue weighted by Gasteiger charge is 2.06. The highest BCUT2D eigenvalue weighted by molar-refractivity contribution is 9.10. The Kier molecular flexibility index (Phi) is 5.17. The van der Waals surface area contributed by atoms with Crippen LogP contribution in [0.25, 0.3) is 0 Å². The van der Waals surface area contributed by atoms with Crippen LogP contribution in [0.15, 0.2) is 41.4 Å². The van der Waals surface area contributed by atoms with Gasteiger partial charge in [-0.1, -0.05) is 11.6 Å². The molecule has 0 fully saturated rings. The minimum atomic E-state index is 0.448. The Labute approximate surface area is 152 Å². The second-order valence-electron chi connectivity index (χ2n) is 5.04. The number of nitrogens with one attached hydrogen (secondary N) is 3. The van der Waals surface area contributed by atoms with E-state index in [9.17, 15) is 0 Å². The molecule has 1 aromatic carbocycles. The van der Waals surface area contributed by atoms with Crippen LogP contribution in [-0.2, 0) is 6.42 Å². The predicted octanol–water partition coefficient (Wildman–Crippen LogP) is 3.60. The molecule has 24 heavy (non-hydrogen) atoms. The first kappa shape index (κ1) is 16.5. The molecule has 0 atom stereocenters. The minimum Gasteiger partial charge on any atom is -0.399 e. The maximum absolute atomic E-state index is 6.00. The number of halogens is 2. The fraction of sp³-hybridized carbons (Fsp3) is 0.133. The Morgan fingerprint density at radius 1 is 1.25 bits per heavy atom. The van der Waals surface area contributed by atoms with Crippen LogP contribution in [0, 0.1) is 0 Å². The number of hydrogen-bond donors (Lipinski definition) is 4. The number of benzene rings is 1. The van der Waals surface area contributed by atoms with Gasteiger partial charge in [0.05, 0.1) is 10.8 Å². The number of nitrogens with zero attached hydrogens (tertiary/aromatic N) is 3. The summed E-state index contributed by atoms with van der Waals surface area (Å²) in [6.07, 6.45) is 5.95. The Morgan fingerprint density at radius 3 is 2.88 bits per heavy atom. The average molecular weight is 409 g/mol. The van der Waals surface area contributed by atoms with E-state index in [4.69, 9.17) is 17.3 Å². The molecular formula is C15H15BrClN7. The van der Waals surface area contributed by atoms with Gasteiger partial charge in [-0.05, 0) is 34.1 Å². The van der Waals surface area contributed by atoms with Crippen molar-refractivity contribution in [3.8, 4) is 0 Å². The van der Waals surface area contributed by atoms with E-state index in [1.807, 2.05) is 0 Å². The molecule has 0 radical (unpaired) electrons. The number of hydrogen-bond acceptors (Lipinski definition) is 6. The maximum atomic E-state index is 6.00. The first-order chi connectivity index (χ1) is 11.6. The number of aromatic amines is 1. The van der Waals surface area contributed by atoms with E-state index in [1.54, 1.807) is 36.9 Å². The van der Waals surface area contributed by atoms with Crippen molar-refractivity contribution in [2.24, 2.45) is 0 Å². The zero-order chi connectivity index (χ0) is 16.9. The first-order valence-electron chi connectivity index (χ1n) is 7.17. The van der Waals surface area contributed by atoms with Crippen LogP contribution in [0.3, 0.4) is 0 Å². The summed E-state index contributed by atoms with van der Waals surface area (Å²) in [5.41, 5.74) is 8.14. The summed E-state index contributed by atoms with van der Waals surface area (Å²) in [6, 6.07) is 5.20. The standard InChI is InChI=1S/C15H15BrClN7/c16-13-7-21-15(23-12-4-9(17)3-10(18)5-12)24-14(13)20-2-1-11-6-19-8-22-11/h3-8H,1-2,18H2,(H,19,22)(H2,20,21,23,24). The van der Waals surface area contributed by atoms with Crippen molar-refractivity contribution in [1.82, 2.24) is 19.9 Å². The van der Waals surface area contributed by atoms with E-state index in [0.29, 0.717) is 29.0 Å². The smallest absolute Gasteiger partial charge is 0.229 e. The van der Waals surface area contributed by atoms with Crippen molar-refractivity contribution >= 4 is 50.7 Å². The number of H-pyrrole nitrogens is 1. The topological polar surface area (TPSA) is 105 Å². The van der Waals surface area contributed by atoms with Gasteiger partial charge in [-0.25, -0.2) is 9.97 Å². The van der Waals surface area contributed by atoms with Gasteiger partial charge >= 0.3 is 0 Å². The average Bonchev–Trinajstić information content (AvgIpc) is 3.03. The number of aromatic nitrogens is 4. The highest BCUT2D eigenvalue weighted by Crippen LogP contribution is 2.25. The normalized spacial score (nSPS) is 10.6. The molecule has 0 bridgehead atoms. The highest BCUT2D eigenvalue weighted by atomic mass is 79.9. The van der Waals surface area contributed by atoms with Crippen molar-refractivity contribution < 1.29 is 0 Å². The van der Waals surface area contributed by atoms with Gasteiger partial charge in [-0.2, -0.15) is 4.98 Å². The summed E-state index contributed by atoms with van der Waals surface area (Å²) in [7, 11) is 0. The zero-order valence-corrected chi connectivity index (χ0v) is 14.9. The van der Waals surface area contributed by atoms with Crippen LogP contribution < -0.4 is 16.4 Å². The van der Waals surface area contributed by atoms with E-state index in [-0.39, 0.29) is 0 Å². The fourth-order valence-corrected chi connectivity index (χ4v) is 2.68. The number of imidazole rings is 1. The van der Waals surface area contributed by atoms with Crippen molar-refractivity contribution in [2.75, 3.05) is 22.9 Å². The van der Waals surface area contributed by atoms with Crippen LogP contribution in [0.5, 0.6) is 0 Å². The molecule has 0 aliphatic carbocycles. The van der Waals surface area contributed by atoms with Crippen molar-refractivity contribution in [2.45, 2.75) is 6.42 Å². The van der Waals surface area contributed by atoms with E-state index in [2.05, 4.69) is 46.5 Å². The lowest BCUT2D eigenvalue weighted by atomic mass is 10.3. The summed E-state index contributed by atoms with van der Waals surface area (Å²) < 4.78 is 0.781. The lowest BCUT2D eigenvalue weighted by molar-refractivity contribution is 0.963. The summed E-state index contributed by atoms with van der Waals surface area (Å²) in [5, 5.41) is 6.91. The molecule has 0 spiro atoms. The number of rotatable bonds is 6. The Morgan fingerprint density at radius 2 is 2.12 bits per heavy atom. The summed E-state index contributed by atoms with van der Waals surface area (Å²) >= 11 is 9.44. The molecule has 5 N–H and O–H groups in total. The minimum absolute atomic E-state index is 0.448. The lowest BCUT2D eigenvalue weighted by Gasteiger charge is -2.10. The van der Waals surface area contributed by atoms with Crippen molar-refractivity contribution in [3.63, 3.8) is 0 Å².